The van der Waals surface area contributed by atoms with Crippen LogP contribution in [0.2, 0.25) is 0 Å². The van der Waals surface area contributed by atoms with Gasteiger partial charge in [0.1, 0.15) is 0 Å². The summed E-state index contributed by atoms with van der Waals surface area (Å²) >= 11 is 1.20. The highest BCUT2D eigenvalue weighted by Gasteiger charge is 2.05. The molecule has 0 amide bonds. The summed E-state index contributed by atoms with van der Waals surface area (Å²) in [6.07, 6.45) is 0.956. The summed E-state index contributed by atoms with van der Waals surface area (Å²) in [7, 11) is 0. The molecule has 0 atom stereocenters. The molecule has 0 spiro atoms. The summed E-state index contributed by atoms with van der Waals surface area (Å²) in [6.45, 7) is 6.52. The fraction of sp³-hybridized carbons (Fsp3) is 0.500. The first-order chi connectivity index (χ1) is 8.72. The third kappa shape index (κ3) is 3.08. The number of nitrogens with zero attached hydrogens (tertiary/aromatic N) is 2. The van der Waals surface area contributed by atoms with Gasteiger partial charge in [0, 0.05) is 30.7 Å². The zero-order valence-corrected chi connectivity index (χ0v) is 11.5. The van der Waals surface area contributed by atoms with Crippen molar-refractivity contribution in [3.05, 3.63) is 38.2 Å². The van der Waals surface area contributed by atoms with Crippen molar-refractivity contribution < 1.29 is 0 Å². The van der Waals surface area contributed by atoms with Gasteiger partial charge in [-0.1, -0.05) is 18.3 Å². The maximum absolute atomic E-state index is 11.0. The van der Waals surface area contributed by atoms with E-state index < -0.39 is 0 Å². The molecule has 2 heterocycles. The summed E-state index contributed by atoms with van der Waals surface area (Å²) in [4.78, 5) is 13.8. The number of aryl methyl sites for hydroxylation is 2. The first kappa shape index (κ1) is 13.0. The summed E-state index contributed by atoms with van der Waals surface area (Å²) in [5, 5.41) is 9.67. The third-order valence-electron chi connectivity index (χ3n) is 2.77. The molecule has 0 aliphatic heterocycles. The zero-order chi connectivity index (χ0) is 13.0. The summed E-state index contributed by atoms with van der Waals surface area (Å²) in [5.74, 6) is 0. The summed E-state index contributed by atoms with van der Waals surface area (Å²) < 4.78 is 2.02. The number of aromatic amines is 1. The average molecular weight is 266 g/mol. The normalized spacial score (nSPS) is 11.0. The van der Waals surface area contributed by atoms with Crippen molar-refractivity contribution in [3.63, 3.8) is 0 Å². The Morgan fingerprint density at radius 2 is 2.28 bits per heavy atom. The molecule has 0 fully saturated rings. The lowest BCUT2D eigenvalue weighted by Gasteiger charge is -2.05. The van der Waals surface area contributed by atoms with E-state index >= 15 is 0 Å². The van der Waals surface area contributed by atoms with Crippen LogP contribution in [0.1, 0.15) is 30.9 Å². The summed E-state index contributed by atoms with van der Waals surface area (Å²) in [6, 6.07) is 2.13. The Labute approximate surface area is 110 Å². The molecule has 2 N–H and O–H groups in total. The van der Waals surface area contributed by atoms with Crippen LogP contribution in [-0.4, -0.2) is 14.8 Å². The Bertz CT molecular complexity index is 554. The number of rotatable bonds is 6. The molecule has 0 unspecified atom stereocenters. The van der Waals surface area contributed by atoms with Crippen LogP contribution in [0, 0.1) is 0 Å². The molecule has 0 aliphatic rings. The molecule has 0 radical (unpaired) electrons. The molecular weight excluding hydrogens is 248 g/mol. The first-order valence-electron chi connectivity index (χ1n) is 6.16. The molecule has 18 heavy (non-hydrogen) atoms. The van der Waals surface area contributed by atoms with Crippen LogP contribution in [0.5, 0.6) is 0 Å². The molecule has 2 rings (SSSR count). The largest absolute Gasteiger partial charge is 0.315 e. The van der Waals surface area contributed by atoms with Crippen molar-refractivity contribution in [2.24, 2.45) is 0 Å². The Morgan fingerprint density at radius 3 is 2.89 bits per heavy atom. The van der Waals surface area contributed by atoms with Crippen LogP contribution >= 0.6 is 11.3 Å². The van der Waals surface area contributed by atoms with Crippen molar-refractivity contribution >= 4 is 11.3 Å². The molecule has 0 saturated heterocycles. The number of nitrogens with one attached hydrogen (secondary N) is 2. The first-order valence-corrected chi connectivity index (χ1v) is 7.04. The maximum Gasteiger partial charge on any atom is 0.304 e. The van der Waals surface area contributed by atoms with E-state index in [0.717, 1.165) is 30.9 Å². The van der Waals surface area contributed by atoms with E-state index in [2.05, 4.69) is 35.3 Å². The van der Waals surface area contributed by atoms with E-state index in [1.807, 2.05) is 10.1 Å². The van der Waals surface area contributed by atoms with Crippen LogP contribution in [-0.2, 0) is 26.1 Å². The van der Waals surface area contributed by atoms with Crippen LogP contribution in [0.4, 0.5) is 0 Å². The minimum absolute atomic E-state index is 0.00123. The van der Waals surface area contributed by atoms with Gasteiger partial charge in [-0.2, -0.15) is 5.10 Å². The monoisotopic (exact) mass is 266 g/mol. The predicted octanol–water partition coefficient (Wildman–Crippen LogP) is 1.50. The van der Waals surface area contributed by atoms with Gasteiger partial charge in [-0.3, -0.25) is 9.48 Å². The van der Waals surface area contributed by atoms with E-state index in [9.17, 15) is 4.79 Å². The van der Waals surface area contributed by atoms with Crippen molar-refractivity contribution in [2.75, 3.05) is 0 Å². The quantitative estimate of drug-likeness (QED) is 0.833. The highest BCUT2D eigenvalue weighted by molar-refractivity contribution is 7.07. The van der Waals surface area contributed by atoms with Crippen molar-refractivity contribution in [2.45, 2.75) is 39.9 Å². The second kappa shape index (κ2) is 5.97. The lowest BCUT2D eigenvalue weighted by molar-refractivity contribution is 0.575. The van der Waals surface area contributed by atoms with Gasteiger partial charge in [0.05, 0.1) is 11.4 Å². The molecule has 0 aromatic carbocycles. The fourth-order valence-corrected chi connectivity index (χ4v) is 2.41. The van der Waals surface area contributed by atoms with E-state index in [1.54, 1.807) is 0 Å². The second-order valence-corrected chi connectivity index (χ2v) is 4.92. The number of hydrogen-bond donors (Lipinski definition) is 2. The fourth-order valence-electron chi connectivity index (χ4n) is 1.83. The summed E-state index contributed by atoms with van der Waals surface area (Å²) in [5.41, 5.74) is 3.24. The molecule has 98 valence electrons. The molecule has 0 aliphatic carbocycles. The molecule has 2 aromatic rings. The maximum atomic E-state index is 11.0. The Morgan fingerprint density at radius 1 is 1.44 bits per heavy atom. The van der Waals surface area contributed by atoms with E-state index in [1.165, 1.54) is 17.0 Å². The molecule has 6 heteroatoms. The van der Waals surface area contributed by atoms with Gasteiger partial charge in [-0.25, -0.2) is 0 Å². The minimum atomic E-state index is -0.00123. The molecular formula is C12H18N4OS. The lowest BCUT2D eigenvalue weighted by Crippen LogP contribution is -2.16. The van der Waals surface area contributed by atoms with E-state index in [0.29, 0.717) is 6.54 Å². The van der Waals surface area contributed by atoms with Gasteiger partial charge in [0.15, 0.2) is 0 Å². The van der Waals surface area contributed by atoms with Crippen LogP contribution in [0.25, 0.3) is 0 Å². The zero-order valence-electron chi connectivity index (χ0n) is 10.7. The molecule has 0 bridgehead atoms. The van der Waals surface area contributed by atoms with Gasteiger partial charge >= 0.3 is 4.87 Å². The van der Waals surface area contributed by atoms with Gasteiger partial charge in [-0.15, -0.1) is 0 Å². The Kier molecular flexibility index (Phi) is 4.33. The number of thiazole rings is 1. The van der Waals surface area contributed by atoms with Crippen molar-refractivity contribution in [1.82, 2.24) is 20.1 Å². The number of hydrogen-bond acceptors (Lipinski definition) is 4. The minimum Gasteiger partial charge on any atom is -0.315 e. The topological polar surface area (TPSA) is 62.7 Å². The smallest absolute Gasteiger partial charge is 0.304 e. The third-order valence-corrected chi connectivity index (χ3v) is 3.49. The van der Waals surface area contributed by atoms with Gasteiger partial charge in [-0.05, 0) is 19.4 Å². The molecule has 0 saturated carbocycles. The number of H-pyrrole nitrogens is 1. The van der Waals surface area contributed by atoms with Crippen LogP contribution < -0.4 is 10.2 Å². The van der Waals surface area contributed by atoms with Gasteiger partial charge in [0.25, 0.3) is 0 Å². The highest BCUT2D eigenvalue weighted by Crippen LogP contribution is 2.05. The van der Waals surface area contributed by atoms with Crippen LogP contribution in [0.3, 0.4) is 0 Å². The highest BCUT2D eigenvalue weighted by atomic mass is 32.1. The Balaban J connectivity index is 1.93. The van der Waals surface area contributed by atoms with E-state index in [4.69, 9.17) is 0 Å². The predicted molar refractivity (Wildman–Crippen MR) is 72.8 cm³/mol. The second-order valence-electron chi connectivity index (χ2n) is 4.07. The molecule has 2 aromatic heterocycles. The van der Waals surface area contributed by atoms with E-state index in [-0.39, 0.29) is 4.87 Å². The average Bonchev–Trinajstić information content (AvgIpc) is 2.95. The SMILES string of the molecule is CCc1cc(CNCc2csc(=O)[nH]2)n(CC)n1. The van der Waals surface area contributed by atoms with Gasteiger partial charge in [0.2, 0.25) is 0 Å². The number of aromatic nitrogens is 3. The van der Waals surface area contributed by atoms with Gasteiger partial charge < -0.3 is 10.3 Å². The Hall–Kier alpha value is -1.40. The van der Waals surface area contributed by atoms with Crippen molar-refractivity contribution in [3.8, 4) is 0 Å². The standard InChI is InChI=1S/C12H18N4OS/c1-3-9-5-11(16(4-2)15-9)7-13-6-10-8-18-12(17)14-10/h5,8,13H,3-4,6-7H2,1-2H3,(H,14,17). The molecule has 5 nitrogen and oxygen atoms in total. The lowest BCUT2D eigenvalue weighted by atomic mass is 10.3. The van der Waals surface area contributed by atoms with Crippen molar-refractivity contribution in [1.29, 1.82) is 0 Å². The van der Waals surface area contributed by atoms with Crippen LogP contribution in [0.15, 0.2) is 16.2 Å².